The van der Waals surface area contributed by atoms with Crippen LogP contribution in [-0.2, 0) is 15.5 Å². The third-order valence-electron chi connectivity index (χ3n) is 3.19. The smallest absolute Gasteiger partial charge is 0.191 e. The second-order valence-electron chi connectivity index (χ2n) is 7.13. The first-order valence-electron chi connectivity index (χ1n) is 7.38. The Morgan fingerprint density at radius 2 is 1.76 bits per heavy atom. The van der Waals surface area contributed by atoms with Crippen LogP contribution >= 0.6 is 0 Å². The fraction of sp³-hybridized carbons (Fsp3) is 0.933. The number of nitrogens with one attached hydrogen (secondary N) is 2. The Labute approximate surface area is 132 Å². The molecule has 0 rings (SSSR count). The normalized spacial score (nSPS) is 16.5. The number of aliphatic imine (C=N–C) groups is 1. The van der Waals surface area contributed by atoms with Crippen LogP contribution in [0.25, 0.3) is 0 Å². The number of hydrogen-bond acceptors (Lipinski definition) is 3. The maximum Gasteiger partial charge on any atom is 0.191 e. The Morgan fingerprint density at radius 3 is 2.14 bits per heavy atom. The highest BCUT2D eigenvalue weighted by Gasteiger charge is 2.24. The van der Waals surface area contributed by atoms with Gasteiger partial charge in [0.2, 0.25) is 0 Å². The Morgan fingerprint density at radius 1 is 1.19 bits per heavy atom. The highest BCUT2D eigenvalue weighted by atomic mass is 32.2. The average molecular weight is 320 g/mol. The molecule has 0 aliphatic rings. The van der Waals surface area contributed by atoms with Gasteiger partial charge in [0.15, 0.2) is 5.96 Å². The molecular weight excluding hydrogens is 286 g/mol. The molecule has 6 heteroatoms. The minimum absolute atomic E-state index is 0.0638. The van der Waals surface area contributed by atoms with Crippen molar-refractivity contribution in [3.8, 4) is 0 Å². The van der Waals surface area contributed by atoms with Crippen molar-refractivity contribution in [1.82, 2.24) is 10.6 Å². The molecule has 0 bridgehead atoms. The molecule has 0 radical (unpaired) electrons. The van der Waals surface area contributed by atoms with E-state index in [0.29, 0.717) is 24.8 Å². The summed E-state index contributed by atoms with van der Waals surface area (Å²) in [6.45, 7) is 13.7. The zero-order chi connectivity index (χ0) is 16.7. The van der Waals surface area contributed by atoms with Crippen molar-refractivity contribution in [2.45, 2.75) is 52.4 Å². The van der Waals surface area contributed by atoms with E-state index in [-0.39, 0.29) is 16.3 Å². The summed E-state index contributed by atoms with van der Waals surface area (Å²) in [6, 6.07) is 0. The molecule has 2 atom stereocenters. The van der Waals surface area contributed by atoms with Crippen LogP contribution in [0.5, 0.6) is 0 Å². The maximum absolute atomic E-state index is 12.0. The van der Waals surface area contributed by atoms with Gasteiger partial charge < -0.3 is 15.4 Å². The van der Waals surface area contributed by atoms with Crippen LogP contribution in [0, 0.1) is 5.41 Å². The molecule has 0 aliphatic heterocycles. The maximum atomic E-state index is 12.0. The van der Waals surface area contributed by atoms with Gasteiger partial charge in [-0.15, -0.1) is 0 Å². The van der Waals surface area contributed by atoms with Gasteiger partial charge in [0.05, 0.1) is 6.10 Å². The molecule has 0 aromatic carbocycles. The number of nitrogens with zero attached hydrogens (tertiary/aromatic N) is 1. The minimum Gasteiger partial charge on any atom is -0.379 e. The van der Waals surface area contributed by atoms with Gasteiger partial charge in [-0.2, -0.15) is 0 Å². The zero-order valence-corrected chi connectivity index (χ0v) is 15.7. The Balaban J connectivity index is 4.23. The van der Waals surface area contributed by atoms with Crippen LogP contribution in [0.3, 0.4) is 0 Å². The first-order chi connectivity index (χ1) is 9.52. The van der Waals surface area contributed by atoms with Gasteiger partial charge in [-0.3, -0.25) is 9.20 Å². The van der Waals surface area contributed by atoms with E-state index in [4.69, 9.17) is 4.74 Å². The van der Waals surface area contributed by atoms with E-state index in [1.54, 1.807) is 14.2 Å². The van der Waals surface area contributed by atoms with Gasteiger partial charge in [-0.25, -0.2) is 0 Å². The first-order valence-corrected chi connectivity index (χ1v) is 8.70. The molecule has 2 N–H and O–H groups in total. The predicted molar refractivity (Wildman–Crippen MR) is 92.4 cm³/mol. The molecule has 126 valence electrons. The van der Waals surface area contributed by atoms with Crippen LogP contribution in [0.1, 0.15) is 41.5 Å². The van der Waals surface area contributed by atoms with E-state index in [0.717, 1.165) is 0 Å². The monoisotopic (exact) mass is 319 g/mol. The molecule has 0 amide bonds. The molecular formula is C15H33N3O2S. The summed E-state index contributed by atoms with van der Waals surface area (Å²) in [5.41, 5.74) is 0.0638. The average Bonchev–Trinajstić information content (AvgIpc) is 2.34. The van der Waals surface area contributed by atoms with Crippen LogP contribution in [0.2, 0.25) is 0 Å². The quantitative estimate of drug-likeness (QED) is 0.578. The van der Waals surface area contributed by atoms with Crippen molar-refractivity contribution < 1.29 is 8.95 Å². The third-order valence-corrected chi connectivity index (χ3v) is 5.13. The van der Waals surface area contributed by atoms with Gasteiger partial charge >= 0.3 is 0 Å². The fourth-order valence-corrected chi connectivity index (χ4v) is 2.62. The topological polar surface area (TPSA) is 62.7 Å². The fourth-order valence-electron chi connectivity index (χ4n) is 1.72. The molecule has 2 unspecified atom stereocenters. The summed E-state index contributed by atoms with van der Waals surface area (Å²) >= 11 is 0. The molecule has 0 aliphatic carbocycles. The predicted octanol–water partition coefficient (Wildman–Crippen LogP) is 1.76. The minimum atomic E-state index is -0.854. The van der Waals surface area contributed by atoms with Crippen LogP contribution < -0.4 is 10.6 Å². The summed E-state index contributed by atoms with van der Waals surface area (Å²) in [5.74, 6) is 1.32. The standard InChI is InChI=1S/C15H33N3O2S/c1-14(2,3)12(20-8)11-18-13(16-7)17-9-10-21(19)15(4,5)6/h12H,9-11H2,1-8H3,(H2,16,17,18). The number of guanidine groups is 1. The molecule has 0 spiro atoms. The molecule has 21 heavy (non-hydrogen) atoms. The van der Waals surface area contributed by atoms with E-state index < -0.39 is 10.8 Å². The number of ether oxygens (including phenoxy) is 1. The number of rotatable bonds is 6. The number of methoxy groups -OCH3 is 1. The van der Waals surface area contributed by atoms with Crippen molar-refractivity contribution in [3.05, 3.63) is 0 Å². The van der Waals surface area contributed by atoms with Crippen molar-refractivity contribution in [2.75, 3.05) is 33.0 Å². The van der Waals surface area contributed by atoms with Gasteiger partial charge in [-0.1, -0.05) is 20.8 Å². The third kappa shape index (κ3) is 8.41. The van der Waals surface area contributed by atoms with E-state index in [1.807, 2.05) is 20.8 Å². The van der Waals surface area contributed by atoms with E-state index in [1.165, 1.54) is 0 Å². The second-order valence-corrected chi connectivity index (χ2v) is 9.46. The summed E-state index contributed by atoms with van der Waals surface area (Å²) in [7, 11) is 2.60. The van der Waals surface area contributed by atoms with Gasteiger partial charge in [0, 0.05) is 48.5 Å². The number of hydrogen-bond donors (Lipinski definition) is 2. The van der Waals surface area contributed by atoms with Gasteiger partial charge in [-0.05, 0) is 26.2 Å². The summed E-state index contributed by atoms with van der Waals surface area (Å²) in [5, 5.41) is 6.45. The van der Waals surface area contributed by atoms with Crippen molar-refractivity contribution in [2.24, 2.45) is 10.4 Å². The first kappa shape index (κ1) is 20.4. The summed E-state index contributed by atoms with van der Waals surface area (Å²) < 4.78 is 17.3. The Kier molecular flexibility index (Phi) is 8.48. The van der Waals surface area contributed by atoms with Crippen molar-refractivity contribution in [1.29, 1.82) is 0 Å². The molecule has 0 aromatic heterocycles. The zero-order valence-electron chi connectivity index (χ0n) is 14.9. The molecule has 0 aromatic rings. The highest BCUT2D eigenvalue weighted by molar-refractivity contribution is 7.86. The lowest BCUT2D eigenvalue weighted by Gasteiger charge is -2.30. The van der Waals surface area contributed by atoms with Crippen LogP contribution in [0.15, 0.2) is 4.99 Å². The van der Waals surface area contributed by atoms with Crippen LogP contribution in [0.4, 0.5) is 0 Å². The lowest BCUT2D eigenvalue weighted by molar-refractivity contribution is 0.0205. The molecule has 0 saturated carbocycles. The van der Waals surface area contributed by atoms with E-state index in [2.05, 4.69) is 36.4 Å². The van der Waals surface area contributed by atoms with Crippen molar-refractivity contribution in [3.63, 3.8) is 0 Å². The van der Waals surface area contributed by atoms with E-state index >= 15 is 0 Å². The molecule has 0 fully saturated rings. The lowest BCUT2D eigenvalue weighted by Crippen LogP contribution is -2.46. The summed E-state index contributed by atoms with van der Waals surface area (Å²) in [6.07, 6.45) is 0.0970. The lowest BCUT2D eigenvalue weighted by atomic mass is 9.89. The Bertz CT molecular complexity index is 357. The van der Waals surface area contributed by atoms with Gasteiger partial charge in [0.25, 0.3) is 0 Å². The molecule has 5 nitrogen and oxygen atoms in total. The van der Waals surface area contributed by atoms with Gasteiger partial charge in [0.1, 0.15) is 0 Å². The highest BCUT2D eigenvalue weighted by Crippen LogP contribution is 2.20. The Hall–Kier alpha value is -0.620. The largest absolute Gasteiger partial charge is 0.379 e. The van der Waals surface area contributed by atoms with E-state index in [9.17, 15) is 4.21 Å². The van der Waals surface area contributed by atoms with Crippen LogP contribution in [-0.4, -0.2) is 54.0 Å². The second kappa shape index (κ2) is 8.73. The van der Waals surface area contributed by atoms with Crippen molar-refractivity contribution >= 4 is 16.8 Å². The molecule has 0 heterocycles. The summed E-state index contributed by atoms with van der Waals surface area (Å²) in [4.78, 5) is 4.18. The SMILES string of the molecule is CN=C(NCCS(=O)C(C)(C)C)NCC(OC)C(C)(C)C. The molecule has 0 saturated heterocycles.